The molecule has 1 aliphatic rings. The fourth-order valence-corrected chi connectivity index (χ4v) is 4.65. The molecule has 1 aromatic heterocycles. The summed E-state index contributed by atoms with van der Waals surface area (Å²) < 4.78 is 60.8. The van der Waals surface area contributed by atoms with Gasteiger partial charge in [-0.15, -0.1) is 0 Å². The minimum Gasteiger partial charge on any atom is -0.481 e. The third-order valence-electron chi connectivity index (χ3n) is 4.04. The predicted octanol–water partition coefficient (Wildman–Crippen LogP) is 1.75. The standard InChI is InChI=1S/C16H19F2N5O3S2/c1-26-14-7-13(22-28(24,25)23-6-5-11(19)8-23)20-16(21-14)27-9-10-3-2-4-12(17)15(10)18/h2-4,7,11H,5-6,8-9,19H2,1H3,(H,20,21,22)/t11-/m0/s1. The van der Waals surface area contributed by atoms with Crippen molar-refractivity contribution in [2.45, 2.75) is 23.4 Å². The highest BCUT2D eigenvalue weighted by atomic mass is 32.2. The van der Waals surface area contributed by atoms with Crippen LogP contribution in [0.2, 0.25) is 0 Å². The first-order chi connectivity index (χ1) is 13.3. The number of nitrogens with zero attached hydrogens (tertiary/aromatic N) is 3. The molecule has 0 aliphatic carbocycles. The van der Waals surface area contributed by atoms with Gasteiger partial charge in [-0.3, -0.25) is 4.72 Å². The number of anilines is 1. The van der Waals surface area contributed by atoms with Crippen LogP contribution in [-0.4, -0.2) is 48.9 Å². The summed E-state index contributed by atoms with van der Waals surface area (Å²) >= 11 is 1.02. The Morgan fingerprint density at radius 2 is 2.18 bits per heavy atom. The Hall–Kier alpha value is -2.02. The maximum Gasteiger partial charge on any atom is 0.302 e. The number of aromatic nitrogens is 2. The van der Waals surface area contributed by atoms with Crippen molar-refractivity contribution in [3.8, 4) is 5.88 Å². The molecule has 0 radical (unpaired) electrons. The Morgan fingerprint density at radius 3 is 2.86 bits per heavy atom. The molecule has 2 heterocycles. The molecule has 1 saturated heterocycles. The van der Waals surface area contributed by atoms with Gasteiger partial charge in [0.05, 0.1) is 7.11 Å². The average molecular weight is 431 g/mol. The molecule has 8 nitrogen and oxygen atoms in total. The van der Waals surface area contributed by atoms with Gasteiger partial charge >= 0.3 is 10.2 Å². The molecule has 12 heteroatoms. The molecule has 0 amide bonds. The van der Waals surface area contributed by atoms with Gasteiger partial charge in [0.2, 0.25) is 5.88 Å². The SMILES string of the molecule is COc1cc(NS(=O)(=O)N2CC[C@H](N)C2)nc(SCc2cccc(F)c2F)n1. The van der Waals surface area contributed by atoms with Crippen LogP contribution in [0.3, 0.4) is 0 Å². The number of thioether (sulfide) groups is 1. The second-order valence-electron chi connectivity index (χ2n) is 6.09. The Bertz CT molecular complexity index is 961. The molecule has 3 rings (SSSR count). The van der Waals surface area contributed by atoms with Crippen LogP contribution in [0, 0.1) is 11.6 Å². The normalized spacial score (nSPS) is 17.6. The number of ether oxygens (including phenoxy) is 1. The molecule has 28 heavy (non-hydrogen) atoms. The third kappa shape index (κ3) is 4.87. The van der Waals surface area contributed by atoms with E-state index in [-0.39, 0.29) is 40.8 Å². The van der Waals surface area contributed by atoms with Gasteiger partial charge in [0, 0.05) is 36.5 Å². The number of nitrogens with two attached hydrogens (primary N) is 1. The summed E-state index contributed by atoms with van der Waals surface area (Å²) in [5, 5.41) is 0.152. The van der Waals surface area contributed by atoms with Crippen LogP contribution in [0.15, 0.2) is 29.4 Å². The lowest BCUT2D eigenvalue weighted by molar-refractivity contribution is 0.393. The quantitative estimate of drug-likeness (QED) is 0.508. The molecule has 1 aromatic carbocycles. The van der Waals surface area contributed by atoms with E-state index in [1.54, 1.807) is 0 Å². The van der Waals surface area contributed by atoms with Crippen LogP contribution in [0.1, 0.15) is 12.0 Å². The molecule has 1 aliphatic heterocycles. The summed E-state index contributed by atoms with van der Waals surface area (Å²) in [6, 6.07) is 5.01. The fourth-order valence-electron chi connectivity index (χ4n) is 2.60. The number of hydrogen-bond donors (Lipinski definition) is 2. The Balaban J connectivity index is 1.77. The first-order valence-electron chi connectivity index (χ1n) is 8.30. The van der Waals surface area contributed by atoms with Gasteiger partial charge in [-0.25, -0.2) is 13.8 Å². The molecule has 1 fully saturated rings. The molecule has 0 bridgehead atoms. The first kappa shape index (κ1) is 20.7. The van der Waals surface area contributed by atoms with Crippen molar-refractivity contribution < 1.29 is 21.9 Å². The molecule has 0 saturated carbocycles. The molecular formula is C16H19F2N5O3S2. The van der Waals surface area contributed by atoms with Gasteiger partial charge in [-0.2, -0.15) is 17.7 Å². The van der Waals surface area contributed by atoms with Crippen molar-refractivity contribution in [2.24, 2.45) is 5.73 Å². The highest BCUT2D eigenvalue weighted by Crippen LogP contribution is 2.26. The largest absolute Gasteiger partial charge is 0.481 e. The smallest absolute Gasteiger partial charge is 0.302 e. The van der Waals surface area contributed by atoms with Crippen LogP contribution in [0.25, 0.3) is 0 Å². The summed E-state index contributed by atoms with van der Waals surface area (Å²) in [6.07, 6.45) is 0.578. The van der Waals surface area contributed by atoms with Crippen molar-refractivity contribution in [3.63, 3.8) is 0 Å². The molecule has 3 N–H and O–H groups in total. The van der Waals surface area contributed by atoms with Gasteiger partial charge in [0.25, 0.3) is 0 Å². The van der Waals surface area contributed by atoms with E-state index in [9.17, 15) is 17.2 Å². The first-order valence-corrected chi connectivity index (χ1v) is 10.7. The minimum absolute atomic E-state index is 0.00883. The Morgan fingerprint density at radius 1 is 1.39 bits per heavy atom. The van der Waals surface area contributed by atoms with Gasteiger partial charge in [0.15, 0.2) is 16.8 Å². The summed E-state index contributed by atoms with van der Waals surface area (Å²) in [6.45, 7) is 0.539. The number of benzene rings is 1. The van der Waals surface area contributed by atoms with E-state index in [0.29, 0.717) is 13.0 Å². The zero-order chi connectivity index (χ0) is 20.3. The monoisotopic (exact) mass is 431 g/mol. The van der Waals surface area contributed by atoms with Crippen molar-refractivity contribution in [1.29, 1.82) is 0 Å². The van der Waals surface area contributed by atoms with Crippen molar-refractivity contribution >= 4 is 27.8 Å². The molecule has 1 atom stereocenters. The van der Waals surface area contributed by atoms with E-state index in [2.05, 4.69) is 14.7 Å². The Kier molecular flexibility index (Phi) is 6.33. The lowest BCUT2D eigenvalue weighted by Gasteiger charge is -2.17. The third-order valence-corrected chi connectivity index (χ3v) is 6.42. The number of halogens is 2. The predicted molar refractivity (Wildman–Crippen MR) is 101 cm³/mol. The lowest BCUT2D eigenvalue weighted by atomic mass is 10.2. The van der Waals surface area contributed by atoms with Crippen molar-refractivity contribution in [1.82, 2.24) is 14.3 Å². The summed E-state index contributed by atoms with van der Waals surface area (Å²) in [4.78, 5) is 8.24. The average Bonchev–Trinajstić information content (AvgIpc) is 3.10. The second-order valence-corrected chi connectivity index (χ2v) is 8.71. The van der Waals surface area contributed by atoms with Crippen LogP contribution in [-0.2, 0) is 16.0 Å². The molecule has 0 spiro atoms. The fraction of sp³-hybridized carbons (Fsp3) is 0.375. The van der Waals surface area contributed by atoms with Gasteiger partial charge in [-0.05, 0) is 12.5 Å². The van der Waals surface area contributed by atoms with E-state index in [4.69, 9.17) is 10.5 Å². The van der Waals surface area contributed by atoms with Gasteiger partial charge in [-0.1, -0.05) is 23.9 Å². The van der Waals surface area contributed by atoms with Crippen molar-refractivity contribution in [2.75, 3.05) is 24.9 Å². The van der Waals surface area contributed by atoms with E-state index in [1.165, 1.54) is 29.6 Å². The summed E-state index contributed by atoms with van der Waals surface area (Å²) in [5.41, 5.74) is 5.91. The number of methoxy groups -OCH3 is 1. The van der Waals surface area contributed by atoms with E-state index >= 15 is 0 Å². The van der Waals surface area contributed by atoms with Crippen LogP contribution >= 0.6 is 11.8 Å². The summed E-state index contributed by atoms with van der Waals surface area (Å²) in [5.74, 6) is -1.68. The maximum atomic E-state index is 13.8. The zero-order valence-electron chi connectivity index (χ0n) is 14.9. The van der Waals surface area contributed by atoms with E-state index < -0.39 is 21.8 Å². The topological polar surface area (TPSA) is 110 Å². The summed E-state index contributed by atoms with van der Waals surface area (Å²) in [7, 11) is -2.45. The number of nitrogens with one attached hydrogen (secondary N) is 1. The van der Waals surface area contributed by atoms with Crippen LogP contribution in [0.5, 0.6) is 5.88 Å². The maximum absolute atomic E-state index is 13.8. The van der Waals surface area contributed by atoms with E-state index in [0.717, 1.165) is 17.8 Å². The van der Waals surface area contributed by atoms with E-state index in [1.807, 2.05) is 0 Å². The molecule has 2 aromatic rings. The highest BCUT2D eigenvalue weighted by molar-refractivity contribution is 7.98. The molecule has 0 unspecified atom stereocenters. The molecule has 152 valence electrons. The van der Waals surface area contributed by atoms with Crippen molar-refractivity contribution in [3.05, 3.63) is 41.5 Å². The minimum atomic E-state index is -3.83. The molecular weight excluding hydrogens is 412 g/mol. The number of rotatable bonds is 7. The second kappa shape index (κ2) is 8.55. The van der Waals surface area contributed by atoms with Crippen LogP contribution < -0.4 is 15.2 Å². The van der Waals surface area contributed by atoms with Gasteiger partial charge < -0.3 is 10.5 Å². The highest BCUT2D eigenvalue weighted by Gasteiger charge is 2.30. The van der Waals surface area contributed by atoms with Crippen LogP contribution in [0.4, 0.5) is 14.6 Å². The lowest BCUT2D eigenvalue weighted by Crippen LogP contribution is -2.36. The Labute approximate surface area is 165 Å². The number of hydrogen-bond acceptors (Lipinski definition) is 7. The van der Waals surface area contributed by atoms with Gasteiger partial charge in [0.1, 0.15) is 5.82 Å². The zero-order valence-corrected chi connectivity index (χ0v) is 16.6.